The Morgan fingerprint density at radius 3 is 2.68 bits per heavy atom. The fourth-order valence-electron chi connectivity index (χ4n) is 1.90. The number of carboxylic acid groups (broad SMARTS) is 1. The van der Waals surface area contributed by atoms with Crippen LogP contribution in [0.1, 0.15) is 34.6 Å². The van der Waals surface area contributed by atoms with Crippen molar-refractivity contribution in [1.82, 2.24) is 0 Å². The number of fused-ring (bicyclic) bond motifs is 1. The summed E-state index contributed by atoms with van der Waals surface area (Å²) in [4.78, 5) is 23.9. The third kappa shape index (κ3) is 2.87. The van der Waals surface area contributed by atoms with Gasteiger partial charge in [-0.2, -0.15) is 0 Å². The van der Waals surface area contributed by atoms with Crippen LogP contribution in [0.25, 0.3) is 0 Å². The molecule has 0 radical (unpaired) electrons. The lowest BCUT2D eigenvalue weighted by atomic mass is 10.1. The van der Waals surface area contributed by atoms with E-state index in [0.29, 0.717) is 22.9 Å². The molecule has 1 aromatic heterocycles. The molecule has 2 rings (SSSR count). The second-order valence-corrected chi connectivity index (χ2v) is 7.38. The van der Waals surface area contributed by atoms with Crippen molar-refractivity contribution in [3.63, 3.8) is 0 Å². The fraction of sp³-hybridized carbons (Fsp3) is 0.500. The van der Waals surface area contributed by atoms with E-state index >= 15 is 0 Å². The maximum Gasteiger partial charge on any atom is 0.339 e. The number of carbonyl (C=O) groups excluding carboxylic acids is 1. The van der Waals surface area contributed by atoms with Gasteiger partial charge in [0.2, 0.25) is 5.91 Å². The monoisotopic (exact) mass is 301 g/mol. The van der Waals surface area contributed by atoms with E-state index in [4.69, 9.17) is 0 Å². The van der Waals surface area contributed by atoms with Gasteiger partial charge in [0, 0.05) is 27.3 Å². The molecule has 0 saturated heterocycles. The predicted molar refractivity (Wildman–Crippen MR) is 75.2 cm³/mol. The van der Waals surface area contributed by atoms with Gasteiger partial charge in [0.15, 0.2) is 0 Å². The summed E-state index contributed by atoms with van der Waals surface area (Å²) >= 11 is 1.23. The van der Waals surface area contributed by atoms with Crippen LogP contribution in [-0.2, 0) is 27.8 Å². The van der Waals surface area contributed by atoms with Gasteiger partial charge in [0.1, 0.15) is 5.00 Å². The maximum atomic E-state index is 11.7. The molecule has 0 spiro atoms. The highest BCUT2D eigenvalue weighted by Crippen LogP contribution is 2.37. The molecule has 0 aromatic carbocycles. The Hall–Kier alpha value is -1.21. The summed E-state index contributed by atoms with van der Waals surface area (Å²) < 4.78 is 11.5. The summed E-state index contributed by atoms with van der Waals surface area (Å²) in [5.41, 5.74) is 0.904. The van der Waals surface area contributed by atoms with E-state index in [9.17, 15) is 18.9 Å². The molecule has 0 fully saturated rings. The second-order valence-electron chi connectivity index (χ2n) is 4.70. The average molecular weight is 301 g/mol. The molecule has 1 aliphatic rings. The van der Waals surface area contributed by atoms with Crippen molar-refractivity contribution in [2.24, 2.45) is 5.92 Å². The fourth-order valence-corrected chi connectivity index (χ4v) is 4.61. The van der Waals surface area contributed by atoms with Gasteiger partial charge < -0.3 is 10.4 Å². The molecule has 1 atom stereocenters. The number of anilines is 1. The molecule has 1 amide bonds. The molecule has 0 aliphatic carbocycles. The van der Waals surface area contributed by atoms with E-state index in [1.54, 1.807) is 13.8 Å². The van der Waals surface area contributed by atoms with Crippen LogP contribution in [0.4, 0.5) is 5.00 Å². The molecule has 0 bridgehead atoms. The summed E-state index contributed by atoms with van der Waals surface area (Å²) in [6.07, 6.45) is 0.498. The normalized spacial score (nSPS) is 18.2. The second kappa shape index (κ2) is 5.42. The summed E-state index contributed by atoms with van der Waals surface area (Å²) in [6.45, 7) is 3.50. The Morgan fingerprint density at radius 2 is 2.11 bits per heavy atom. The van der Waals surface area contributed by atoms with Crippen molar-refractivity contribution in [2.75, 3.05) is 11.1 Å². The molecule has 2 N–H and O–H groups in total. The van der Waals surface area contributed by atoms with Crippen LogP contribution < -0.4 is 5.32 Å². The first-order valence-corrected chi connectivity index (χ1v) is 8.24. The average Bonchev–Trinajstić information content (AvgIpc) is 2.65. The summed E-state index contributed by atoms with van der Waals surface area (Å²) in [6, 6.07) is 0. The standard InChI is InChI=1S/C12H15NO4S2/c1-6(2)10(14)13-11-9(12(15)16)7-3-4-19(17)5-8(7)18-11/h6H,3-5H2,1-2H3,(H,13,14)(H,15,16). The van der Waals surface area contributed by atoms with Crippen LogP contribution in [0.2, 0.25) is 0 Å². The SMILES string of the molecule is CC(C)C(=O)Nc1sc2c(c1C(=O)O)CCS(=O)C2. The third-order valence-electron chi connectivity index (χ3n) is 2.94. The number of carbonyl (C=O) groups is 2. The Bertz CT molecular complexity index is 562. The zero-order chi connectivity index (χ0) is 14.2. The van der Waals surface area contributed by atoms with Crippen molar-refractivity contribution in [2.45, 2.75) is 26.0 Å². The molecule has 104 valence electrons. The lowest BCUT2D eigenvalue weighted by Crippen LogP contribution is -2.19. The zero-order valence-corrected chi connectivity index (χ0v) is 12.3. The molecule has 1 aromatic rings. The van der Waals surface area contributed by atoms with Crippen molar-refractivity contribution in [3.05, 3.63) is 16.0 Å². The Labute approximate surface area is 117 Å². The first kappa shape index (κ1) is 14.2. The zero-order valence-electron chi connectivity index (χ0n) is 10.7. The maximum absolute atomic E-state index is 11.7. The van der Waals surface area contributed by atoms with Gasteiger partial charge in [-0.05, 0) is 12.0 Å². The molecule has 0 saturated carbocycles. The smallest absolute Gasteiger partial charge is 0.339 e. The van der Waals surface area contributed by atoms with Crippen LogP contribution in [0.5, 0.6) is 0 Å². The summed E-state index contributed by atoms with van der Waals surface area (Å²) in [5, 5.41) is 12.3. The number of hydrogen-bond donors (Lipinski definition) is 2. The highest BCUT2D eigenvalue weighted by molar-refractivity contribution is 7.84. The van der Waals surface area contributed by atoms with Crippen molar-refractivity contribution >= 4 is 39.0 Å². The van der Waals surface area contributed by atoms with E-state index in [1.807, 2.05) is 0 Å². The number of thiophene rings is 1. The number of aromatic carboxylic acids is 1. The Balaban J connectivity index is 2.41. The lowest BCUT2D eigenvalue weighted by Gasteiger charge is -2.11. The van der Waals surface area contributed by atoms with Gasteiger partial charge in [0.05, 0.1) is 11.3 Å². The number of amides is 1. The molecule has 1 unspecified atom stereocenters. The van der Waals surface area contributed by atoms with Crippen LogP contribution in [0.3, 0.4) is 0 Å². The number of rotatable bonds is 3. The van der Waals surface area contributed by atoms with Gasteiger partial charge in [-0.25, -0.2) is 4.79 Å². The van der Waals surface area contributed by atoms with Crippen molar-refractivity contribution in [1.29, 1.82) is 0 Å². The molecule has 1 aliphatic heterocycles. The van der Waals surface area contributed by atoms with Gasteiger partial charge in [-0.1, -0.05) is 13.8 Å². The predicted octanol–water partition coefficient (Wildman–Crippen LogP) is 1.85. The van der Waals surface area contributed by atoms with Crippen LogP contribution in [0.15, 0.2) is 0 Å². The van der Waals surface area contributed by atoms with Crippen molar-refractivity contribution in [3.8, 4) is 0 Å². The minimum absolute atomic E-state index is 0.172. The first-order valence-electron chi connectivity index (χ1n) is 5.93. The van der Waals surface area contributed by atoms with E-state index in [0.717, 1.165) is 10.4 Å². The van der Waals surface area contributed by atoms with E-state index in [-0.39, 0.29) is 17.4 Å². The van der Waals surface area contributed by atoms with Gasteiger partial charge >= 0.3 is 5.97 Å². The van der Waals surface area contributed by atoms with E-state index < -0.39 is 16.8 Å². The summed E-state index contributed by atoms with van der Waals surface area (Å²) in [5.74, 6) is -0.583. The first-order chi connectivity index (χ1) is 8.90. The van der Waals surface area contributed by atoms with Crippen LogP contribution in [-0.4, -0.2) is 26.9 Å². The largest absolute Gasteiger partial charge is 0.478 e. The summed E-state index contributed by atoms with van der Waals surface area (Å²) in [7, 11) is -0.926. The lowest BCUT2D eigenvalue weighted by molar-refractivity contribution is -0.118. The van der Waals surface area contributed by atoms with Crippen LogP contribution >= 0.6 is 11.3 Å². The van der Waals surface area contributed by atoms with Gasteiger partial charge in [0.25, 0.3) is 0 Å². The molecule has 5 nitrogen and oxygen atoms in total. The number of carboxylic acids is 1. The minimum Gasteiger partial charge on any atom is -0.478 e. The molecular formula is C12H15NO4S2. The molecular weight excluding hydrogens is 286 g/mol. The van der Waals surface area contributed by atoms with E-state index in [2.05, 4.69) is 5.32 Å². The Kier molecular flexibility index (Phi) is 4.05. The van der Waals surface area contributed by atoms with Gasteiger partial charge in [-0.15, -0.1) is 11.3 Å². The molecule has 2 heterocycles. The molecule has 19 heavy (non-hydrogen) atoms. The van der Waals surface area contributed by atoms with Gasteiger partial charge in [-0.3, -0.25) is 9.00 Å². The number of nitrogens with one attached hydrogen (secondary N) is 1. The van der Waals surface area contributed by atoms with Crippen LogP contribution in [0, 0.1) is 5.92 Å². The van der Waals surface area contributed by atoms with E-state index in [1.165, 1.54) is 11.3 Å². The molecule has 7 heteroatoms. The topological polar surface area (TPSA) is 83.5 Å². The third-order valence-corrected chi connectivity index (χ3v) is 5.54. The highest BCUT2D eigenvalue weighted by Gasteiger charge is 2.28. The Morgan fingerprint density at radius 1 is 1.42 bits per heavy atom. The minimum atomic E-state index is -1.04. The quantitative estimate of drug-likeness (QED) is 0.892. The highest BCUT2D eigenvalue weighted by atomic mass is 32.2. The number of hydrogen-bond acceptors (Lipinski definition) is 4. The van der Waals surface area contributed by atoms with Crippen molar-refractivity contribution < 1.29 is 18.9 Å².